The standard InChI is InChI=1S/C45H48N4O6/c1-4-12-31(3)25-34(5-2)45(35-13-8-6-9-14-35,36-15-10-7-11-16-36)49-29-37(47-30-49)28-38(44(55)46-24-23-33-18-21-40(51)42(53)27-33)48-43(54)22-19-32-17-20-39(50)41(52)26-32/h4-18,20-21,25-27,29-31,38,50-53H,2,19,22-24,28H2,1,3H3,(H,46,55)(H,48,54)/b12-4+,34-25?/t31?,38-/m0/s1. The van der Waals surface area contributed by atoms with E-state index in [0.29, 0.717) is 23.2 Å². The number of phenols is 4. The van der Waals surface area contributed by atoms with E-state index < -0.39 is 17.5 Å². The van der Waals surface area contributed by atoms with Crippen LogP contribution in [0.15, 0.2) is 146 Å². The summed E-state index contributed by atoms with van der Waals surface area (Å²) in [4.78, 5) is 32.0. The number of hydrogen-bond acceptors (Lipinski definition) is 7. The lowest BCUT2D eigenvalue weighted by Crippen LogP contribution is -2.48. The van der Waals surface area contributed by atoms with Gasteiger partial charge in [-0.3, -0.25) is 9.59 Å². The molecule has 0 radical (unpaired) electrons. The minimum atomic E-state index is -0.996. The SMILES string of the molecule is C=CC(=CC(C)/C=C/C)C(c1ccccc1)(c1ccccc1)n1cnc(C[C@H](NC(=O)CCc2ccc(O)c(O)c2)C(=O)NCCc2ccc(O)c(O)c2)c1. The minimum absolute atomic E-state index is 0.0260. The zero-order valence-electron chi connectivity index (χ0n) is 31.1. The molecule has 5 aromatic rings. The van der Waals surface area contributed by atoms with Crippen molar-refractivity contribution in [1.29, 1.82) is 0 Å². The molecular weight excluding hydrogens is 693 g/mol. The molecule has 4 aromatic carbocycles. The van der Waals surface area contributed by atoms with Crippen LogP contribution < -0.4 is 10.6 Å². The van der Waals surface area contributed by atoms with Gasteiger partial charge in [0.05, 0.1) is 12.0 Å². The van der Waals surface area contributed by atoms with E-state index in [4.69, 9.17) is 4.98 Å². The molecule has 2 atom stereocenters. The summed E-state index contributed by atoms with van der Waals surface area (Å²) in [6.07, 6.45) is 12.6. The van der Waals surface area contributed by atoms with E-state index in [1.807, 2.05) is 66.2 Å². The molecule has 6 N–H and O–H groups in total. The van der Waals surface area contributed by atoms with Gasteiger partial charge in [-0.05, 0) is 77.8 Å². The average molecular weight is 741 g/mol. The first-order valence-corrected chi connectivity index (χ1v) is 18.3. The van der Waals surface area contributed by atoms with Gasteiger partial charge in [-0.1, -0.05) is 111 Å². The lowest BCUT2D eigenvalue weighted by Gasteiger charge is -2.38. The number of phenolic OH excluding ortho intramolecular Hbond substituents is 4. The van der Waals surface area contributed by atoms with Crippen LogP contribution in [0.5, 0.6) is 23.0 Å². The zero-order valence-corrected chi connectivity index (χ0v) is 31.1. The number of aromatic nitrogens is 2. The monoisotopic (exact) mass is 740 g/mol. The van der Waals surface area contributed by atoms with Gasteiger partial charge >= 0.3 is 0 Å². The van der Waals surface area contributed by atoms with Gasteiger partial charge in [0, 0.05) is 25.6 Å². The Bertz CT molecular complexity index is 2100. The number of aryl methyl sites for hydroxylation is 1. The highest BCUT2D eigenvalue weighted by Gasteiger charge is 2.39. The maximum absolute atomic E-state index is 13.8. The first-order chi connectivity index (χ1) is 26.5. The van der Waals surface area contributed by atoms with Gasteiger partial charge in [-0.2, -0.15) is 0 Å². The van der Waals surface area contributed by atoms with Crippen LogP contribution in [0.1, 0.15) is 48.2 Å². The topological polar surface area (TPSA) is 157 Å². The molecule has 0 saturated heterocycles. The Balaban J connectivity index is 1.48. The largest absolute Gasteiger partial charge is 0.504 e. The molecule has 0 bridgehead atoms. The zero-order chi connectivity index (χ0) is 39.4. The van der Waals surface area contributed by atoms with Crippen molar-refractivity contribution in [2.45, 2.75) is 51.1 Å². The minimum Gasteiger partial charge on any atom is -0.504 e. The molecule has 1 aromatic heterocycles. The number of amides is 2. The second-order valence-electron chi connectivity index (χ2n) is 13.4. The Hall–Kier alpha value is -6.55. The van der Waals surface area contributed by atoms with Crippen molar-refractivity contribution in [3.63, 3.8) is 0 Å². The third-order valence-corrected chi connectivity index (χ3v) is 9.48. The third-order valence-electron chi connectivity index (χ3n) is 9.48. The van der Waals surface area contributed by atoms with Gasteiger partial charge in [-0.15, -0.1) is 0 Å². The summed E-state index contributed by atoms with van der Waals surface area (Å²) in [7, 11) is 0. The summed E-state index contributed by atoms with van der Waals surface area (Å²) in [5, 5.41) is 45.0. The van der Waals surface area contributed by atoms with Gasteiger partial charge in [-0.25, -0.2) is 4.98 Å². The van der Waals surface area contributed by atoms with E-state index in [-0.39, 0.29) is 60.6 Å². The molecule has 0 fully saturated rings. The van der Waals surface area contributed by atoms with Crippen LogP contribution in [-0.2, 0) is 34.4 Å². The van der Waals surface area contributed by atoms with Crippen molar-refractivity contribution in [2.24, 2.45) is 5.92 Å². The maximum Gasteiger partial charge on any atom is 0.242 e. The van der Waals surface area contributed by atoms with Gasteiger partial charge < -0.3 is 35.6 Å². The van der Waals surface area contributed by atoms with Crippen LogP contribution in [0.2, 0.25) is 0 Å². The van der Waals surface area contributed by atoms with Crippen molar-refractivity contribution < 1.29 is 30.0 Å². The summed E-state index contributed by atoms with van der Waals surface area (Å²) < 4.78 is 2.04. The van der Waals surface area contributed by atoms with E-state index in [9.17, 15) is 30.0 Å². The van der Waals surface area contributed by atoms with Gasteiger partial charge in [0.1, 0.15) is 11.6 Å². The first-order valence-electron chi connectivity index (χ1n) is 18.3. The van der Waals surface area contributed by atoms with Crippen LogP contribution in [0.3, 0.4) is 0 Å². The first kappa shape index (κ1) is 39.7. The second-order valence-corrected chi connectivity index (χ2v) is 13.4. The second kappa shape index (κ2) is 18.5. The number of carbonyl (C=O) groups excluding carboxylic acids is 2. The normalized spacial score (nSPS) is 12.9. The highest BCUT2D eigenvalue weighted by atomic mass is 16.3. The number of benzene rings is 4. The van der Waals surface area contributed by atoms with E-state index in [1.165, 1.54) is 24.3 Å². The summed E-state index contributed by atoms with van der Waals surface area (Å²) in [5.74, 6) is -1.72. The third kappa shape index (κ3) is 9.71. The Labute approximate surface area is 321 Å². The highest BCUT2D eigenvalue weighted by Crippen LogP contribution is 2.42. The predicted octanol–water partition coefficient (Wildman–Crippen LogP) is 6.84. The van der Waals surface area contributed by atoms with Gasteiger partial charge in [0.2, 0.25) is 11.8 Å². The van der Waals surface area contributed by atoms with Crippen LogP contribution in [-0.4, -0.2) is 54.4 Å². The molecule has 0 aliphatic rings. The number of imidazole rings is 1. The van der Waals surface area contributed by atoms with Crippen LogP contribution in [0.4, 0.5) is 0 Å². The quantitative estimate of drug-likeness (QED) is 0.0346. The Morgan fingerprint density at radius 1 is 0.836 bits per heavy atom. The molecule has 0 aliphatic heterocycles. The van der Waals surface area contributed by atoms with Crippen LogP contribution in [0.25, 0.3) is 0 Å². The number of rotatable bonds is 17. The number of allylic oxidation sites excluding steroid dienone is 5. The lowest BCUT2D eigenvalue weighted by molar-refractivity contribution is -0.129. The summed E-state index contributed by atoms with van der Waals surface area (Å²) >= 11 is 0. The highest BCUT2D eigenvalue weighted by molar-refractivity contribution is 5.88. The Morgan fingerprint density at radius 2 is 1.42 bits per heavy atom. The summed E-state index contributed by atoms with van der Waals surface area (Å²) in [6, 6.07) is 28.1. The number of aromatic hydroxyl groups is 4. The lowest BCUT2D eigenvalue weighted by atomic mass is 9.75. The van der Waals surface area contributed by atoms with Gasteiger partial charge in [0.25, 0.3) is 0 Å². The molecule has 2 amide bonds. The molecule has 284 valence electrons. The van der Waals surface area contributed by atoms with Crippen molar-refractivity contribution in [3.05, 3.63) is 174 Å². The van der Waals surface area contributed by atoms with E-state index >= 15 is 0 Å². The number of hydrogen-bond donors (Lipinski definition) is 6. The van der Waals surface area contributed by atoms with E-state index in [2.05, 4.69) is 60.6 Å². The average Bonchev–Trinajstić information content (AvgIpc) is 3.65. The summed E-state index contributed by atoms with van der Waals surface area (Å²) in [5.41, 5.74) is 3.92. The van der Waals surface area contributed by atoms with Crippen LogP contribution in [0, 0.1) is 5.92 Å². The molecule has 1 heterocycles. The molecule has 0 spiro atoms. The predicted molar refractivity (Wildman–Crippen MR) is 214 cm³/mol. The van der Waals surface area contributed by atoms with E-state index in [0.717, 1.165) is 16.7 Å². The number of nitrogens with zero attached hydrogens (tertiary/aromatic N) is 2. The molecule has 10 heteroatoms. The molecule has 5 rings (SSSR count). The fourth-order valence-corrected chi connectivity index (χ4v) is 6.78. The molecule has 0 aliphatic carbocycles. The smallest absolute Gasteiger partial charge is 0.242 e. The fraction of sp³-hybridized carbons (Fsp3) is 0.222. The van der Waals surface area contributed by atoms with Crippen molar-refractivity contribution >= 4 is 11.8 Å². The summed E-state index contributed by atoms with van der Waals surface area (Å²) in [6.45, 7) is 8.57. The molecule has 55 heavy (non-hydrogen) atoms. The number of nitrogens with one attached hydrogen (secondary N) is 2. The van der Waals surface area contributed by atoms with E-state index in [1.54, 1.807) is 18.5 Å². The Kier molecular flexibility index (Phi) is 13.3. The van der Waals surface area contributed by atoms with Crippen molar-refractivity contribution in [1.82, 2.24) is 20.2 Å². The Morgan fingerprint density at radius 3 is 1.96 bits per heavy atom. The van der Waals surface area contributed by atoms with Crippen LogP contribution >= 0.6 is 0 Å². The molecule has 1 unspecified atom stereocenters. The van der Waals surface area contributed by atoms with Crippen molar-refractivity contribution in [3.8, 4) is 23.0 Å². The fourth-order valence-electron chi connectivity index (χ4n) is 6.78. The molecular formula is C45H48N4O6. The molecule has 0 saturated carbocycles. The maximum atomic E-state index is 13.8. The van der Waals surface area contributed by atoms with Crippen molar-refractivity contribution in [2.75, 3.05) is 6.54 Å². The molecule has 10 nitrogen and oxygen atoms in total. The van der Waals surface area contributed by atoms with Gasteiger partial charge in [0.15, 0.2) is 23.0 Å². The number of carbonyl (C=O) groups is 2.